The molecule has 3 aromatic rings. The average molecular weight is 1070 g/mol. The Morgan fingerprint density at radius 1 is 0.727 bits per heavy atom. The maximum Gasteiger partial charge on any atom is 0.407 e. The van der Waals surface area contributed by atoms with Gasteiger partial charge in [-0.1, -0.05) is 18.2 Å². The Kier molecular flexibility index (Phi) is 21.5. The molecule has 0 fully saturated rings. The molecule has 8 N–H and O–H groups in total. The molecule has 8 amide bonds. The number of alkyl carbamates (subject to hydrolysis) is 3. The minimum atomic E-state index is -1.60. The van der Waals surface area contributed by atoms with Gasteiger partial charge in [-0.3, -0.25) is 24.0 Å². The van der Waals surface area contributed by atoms with Crippen molar-refractivity contribution in [3.05, 3.63) is 76.9 Å². The number of rotatable bonds is 17. The molecule has 1 aliphatic rings. The molecule has 4 rings (SSSR count). The predicted octanol–water partition coefficient (Wildman–Crippen LogP) is 4.57. The molecule has 4 atom stereocenters. The number of hydrogen-bond acceptors (Lipinski definition) is 15. The Hall–Kier alpha value is -8.29. The second-order valence-corrected chi connectivity index (χ2v) is 21.1. The van der Waals surface area contributed by atoms with Gasteiger partial charge in [-0.05, 0) is 136 Å². The lowest BCUT2D eigenvalue weighted by molar-refractivity contribution is -0.141. The summed E-state index contributed by atoms with van der Waals surface area (Å²) in [6.07, 6.45) is -2.54. The quantitative estimate of drug-likeness (QED) is 0.0522. The van der Waals surface area contributed by atoms with Crippen molar-refractivity contribution in [1.82, 2.24) is 42.1 Å². The third kappa shape index (κ3) is 19.7. The van der Waals surface area contributed by atoms with Crippen LogP contribution in [-0.2, 0) is 39.8 Å². The first-order valence-electron chi connectivity index (χ1n) is 25.0. The van der Waals surface area contributed by atoms with E-state index in [-0.39, 0.29) is 86.2 Å². The summed E-state index contributed by atoms with van der Waals surface area (Å²) in [6.45, 7) is 17.6. The first-order chi connectivity index (χ1) is 35.9. The lowest BCUT2D eigenvalue weighted by Crippen LogP contribution is -2.56. The molecule has 1 aliphatic heterocycles. The Morgan fingerprint density at radius 2 is 1.26 bits per heavy atom. The highest BCUT2D eigenvalue weighted by molar-refractivity contribution is 6.01. The third-order valence-electron chi connectivity index (χ3n) is 11.0. The maximum absolute atomic E-state index is 15.0. The molecule has 0 spiro atoms. The molecule has 0 saturated carbocycles. The number of nitriles is 1. The van der Waals surface area contributed by atoms with Crippen molar-refractivity contribution in [1.29, 1.82) is 5.26 Å². The highest BCUT2D eigenvalue weighted by atomic mass is 16.6. The first kappa shape index (κ1) is 61.3. The van der Waals surface area contributed by atoms with Gasteiger partial charge >= 0.3 is 18.3 Å². The predicted molar refractivity (Wildman–Crippen MR) is 282 cm³/mol. The lowest BCUT2D eigenvalue weighted by Gasteiger charge is -2.33. The molecule has 0 aromatic heterocycles. The van der Waals surface area contributed by atoms with Gasteiger partial charge in [0, 0.05) is 31.1 Å². The van der Waals surface area contributed by atoms with Crippen LogP contribution in [0.2, 0.25) is 0 Å². The zero-order chi connectivity index (χ0) is 57.4. The molecule has 0 radical (unpaired) electrons. The average Bonchev–Trinajstić information content (AvgIpc) is 3.31. The van der Waals surface area contributed by atoms with Crippen molar-refractivity contribution in [3.63, 3.8) is 0 Å². The van der Waals surface area contributed by atoms with Crippen molar-refractivity contribution in [2.24, 2.45) is 0 Å². The number of benzene rings is 3. The molecule has 0 saturated heterocycles. The molecule has 4 bridgehead atoms. The SMILES string of the molecule is Cc1ccc(C(=O)N[C@@H](CCNC(=O)OC(C)(C)C)C(=O)N(C)[C@@H]2C(=O)N[C@@H](C)C(=O)N[C@H](C(=O)NCC#N)Cc3ccc(OCCNC(=O)OC(C)(C)C)c(c3)-c3cc2ccc3OCCNC(=O)OC(C)(C)C)c(O)c1. The summed E-state index contributed by atoms with van der Waals surface area (Å²) >= 11 is 0. The van der Waals surface area contributed by atoms with E-state index in [1.165, 1.54) is 38.2 Å². The highest BCUT2D eigenvalue weighted by Crippen LogP contribution is 2.40. The number of phenols is 1. The molecule has 23 heteroatoms. The van der Waals surface area contributed by atoms with Gasteiger partial charge in [0.25, 0.3) is 5.91 Å². The fourth-order valence-electron chi connectivity index (χ4n) is 7.58. The number of nitrogens with one attached hydrogen (secondary N) is 7. The van der Waals surface area contributed by atoms with E-state index in [2.05, 4.69) is 37.2 Å². The zero-order valence-electron chi connectivity index (χ0n) is 45.8. The van der Waals surface area contributed by atoms with E-state index < -0.39 is 88.8 Å². The number of phenolic OH excluding ortho intramolecular Hbond substituents is 1. The van der Waals surface area contributed by atoms with Crippen LogP contribution in [0.3, 0.4) is 0 Å². The van der Waals surface area contributed by atoms with Crippen molar-refractivity contribution in [3.8, 4) is 34.4 Å². The summed E-state index contributed by atoms with van der Waals surface area (Å²) in [6, 6.07) is 10.0. The topological polar surface area (TPSA) is 314 Å². The van der Waals surface area contributed by atoms with E-state index in [4.69, 9.17) is 23.7 Å². The standard InChI is InChI=1S/C54H73N9O14/c1-31-13-16-35(40(64)27-31)45(66)61-38(19-21-57-49(70)75-52(3,4)5)48(69)63(12)43-34-15-18-42(74-26-24-59-51(72)77-54(9,10)11)37(30-34)36-28-33(14-17-41(36)73-25-23-58-50(71)76-53(6,7)8)29-39(46(67)56-22-20-55)62-44(65)32(2)60-47(43)68/h13-18,27-28,30,32,38-39,43,64H,19,21-26,29H2,1-12H3,(H,56,67)(H,57,70)(H,58,71)(H,59,72)(H,60,68)(H,61,66)(H,62,65)/t32-,38-,39-,43-/m0/s1. The molecule has 1 heterocycles. The molecule has 418 valence electrons. The molecular weight excluding hydrogens is 999 g/mol. The number of amides is 8. The van der Waals surface area contributed by atoms with Crippen LogP contribution in [0, 0.1) is 18.3 Å². The second-order valence-electron chi connectivity index (χ2n) is 21.1. The third-order valence-corrected chi connectivity index (χ3v) is 11.0. The van der Waals surface area contributed by atoms with Crippen LogP contribution in [-0.4, -0.2) is 139 Å². The number of aryl methyl sites for hydroxylation is 1. The van der Waals surface area contributed by atoms with Crippen molar-refractivity contribution < 1.29 is 67.1 Å². The summed E-state index contributed by atoms with van der Waals surface area (Å²) in [5.74, 6) is -4.04. The van der Waals surface area contributed by atoms with Crippen molar-refractivity contribution in [2.75, 3.05) is 46.4 Å². The summed E-state index contributed by atoms with van der Waals surface area (Å²) in [5, 5.41) is 38.4. The van der Waals surface area contributed by atoms with Crippen LogP contribution in [0.5, 0.6) is 17.2 Å². The van der Waals surface area contributed by atoms with E-state index >= 15 is 4.79 Å². The number of fused-ring (bicyclic) bond motifs is 5. The van der Waals surface area contributed by atoms with Gasteiger partial charge in [0.05, 0.1) is 24.7 Å². The van der Waals surface area contributed by atoms with Crippen LogP contribution in [0.4, 0.5) is 14.4 Å². The number of nitrogens with zero attached hydrogens (tertiary/aromatic N) is 2. The largest absolute Gasteiger partial charge is 0.507 e. The fourth-order valence-corrected chi connectivity index (χ4v) is 7.58. The van der Waals surface area contributed by atoms with Crippen LogP contribution in [0.25, 0.3) is 11.1 Å². The summed E-state index contributed by atoms with van der Waals surface area (Å²) in [4.78, 5) is 110. The van der Waals surface area contributed by atoms with E-state index in [9.17, 15) is 43.9 Å². The van der Waals surface area contributed by atoms with Gasteiger partial charge in [0.1, 0.15) is 78.0 Å². The minimum absolute atomic E-state index is 0.00906. The van der Waals surface area contributed by atoms with Crippen LogP contribution < -0.4 is 46.7 Å². The van der Waals surface area contributed by atoms with Crippen LogP contribution in [0.15, 0.2) is 54.6 Å². The molecule has 23 nitrogen and oxygen atoms in total. The molecular formula is C54H73N9O14. The number of ether oxygens (including phenoxy) is 5. The van der Waals surface area contributed by atoms with Gasteiger partial charge in [-0.15, -0.1) is 0 Å². The van der Waals surface area contributed by atoms with Gasteiger partial charge in [-0.25, -0.2) is 14.4 Å². The Bertz CT molecular complexity index is 2690. The van der Waals surface area contributed by atoms with Gasteiger partial charge in [-0.2, -0.15) is 5.26 Å². The zero-order valence-corrected chi connectivity index (χ0v) is 45.8. The van der Waals surface area contributed by atoms with Gasteiger partial charge in [0.15, 0.2) is 0 Å². The number of aromatic hydroxyl groups is 1. The van der Waals surface area contributed by atoms with Crippen molar-refractivity contribution >= 4 is 47.8 Å². The van der Waals surface area contributed by atoms with Gasteiger partial charge < -0.3 is 70.9 Å². The Labute approximate surface area is 448 Å². The second kappa shape index (κ2) is 27.0. The number of hydrogen-bond donors (Lipinski definition) is 8. The normalized spacial score (nSPS) is 16.0. The lowest BCUT2D eigenvalue weighted by atomic mass is 9.93. The van der Waals surface area contributed by atoms with E-state index in [0.29, 0.717) is 16.7 Å². The van der Waals surface area contributed by atoms with E-state index in [0.717, 1.165) is 4.90 Å². The first-order valence-corrected chi connectivity index (χ1v) is 25.0. The van der Waals surface area contributed by atoms with Gasteiger partial charge in [0.2, 0.25) is 23.6 Å². The fraction of sp³-hybridized carbons (Fsp3) is 0.500. The van der Waals surface area contributed by atoms with E-state index in [1.54, 1.807) is 99.6 Å². The monoisotopic (exact) mass is 1070 g/mol. The number of likely N-dealkylation sites (N-methyl/N-ethyl adjacent to an activating group) is 1. The summed E-state index contributed by atoms with van der Waals surface area (Å²) in [5.41, 5.74) is -0.693. The highest BCUT2D eigenvalue weighted by Gasteiger charge is 2.37. The minimum Gasteiger partial charge on any atom is -0.507 e. The van der Waals surface area contributed by atoms with Crippen LogP contribution in [0.1, 0.15) is 109 Å². The Morgan fingerprint density at radius 3 is 1.79 bits per heavy atom. The molecule has 77 heavy (non-hydrogen) atoms. The summed E-state index contributed by atoms with van der Waals surface area (Å²) in [7, 11) is 1.30. The number of carbonyl (C=O) groups excluding carboxylic acids is 8. The maximum atomic E-state index is 15.0. The van der Waals surface area contributed by atoms with E-state index in [1.807, 2.05) is 6.07 Å². The molecule has 3 aromatic carbocycles. The van der Waals surface area contributed by atoms with Crippen LogP contribution >= 0.6 is 0 Å². The van der Waals surface area contributed by atoms with Crippen molar-refractivity contribution in [2.45, 2.75) is 130 Å². The Balaban J connectivity index is 1.92. The molecule has 0 unspecified atom stereocenters. The smallest absolute Gasteiger partial charge is 0.407 e. The number of carbonyl (C=O) groups is 8. The summed E-state index contributed by atoms with van der Waals surface area (Å²) < 4.78 is 28.7. The molecule has 0 aliphatic carbocycles.